The average molecular weight is 175 g/mol. The highest BCUT2D eigenvalue weighted by Gasteiger charge is 2.01. The van der Waals surface area contributed by atoms with E-state index in [1.54, 1.807) is 6.20 Å². The van der Waals surface area contributed by atoms with Gasteiger partial charge in [-0.3, -0.25) is 0 Å². The van der Waals surface area contributed by atoms with Crippen molar-refractivity contribution in [2.45, 2.75) is 6.92 Å². The first-order valence-corrected chi connectivity index (χ1v) is 4.02. The van der Waals surface area contributed by atoms with Crippen LogP contribution in [0, 0.1) is 19.3 Å². The van der Waals surface area contributed by atoms with Gasteiger partial charge in [-0.25, -0.2) is 4.98 Å². The molecule has 13 heavy (non-hydrogen) atoms. The minimum absolute atomic E-state index is 0.552. The number of aromatic nitrogens is 1. The lowest BCUT2D eigenvalue weighted by atomic mass is 10.2. The maximum Gasteiger partial charge on any atom is 0.129 e. The molecule has 2 N–H and O–H groups in total. The molecule has 1 heterocycles. The van der Waals surface area contributed by atoms with Crippen LogP contribution in [0.4, 0.5) is 11.5 Å². The molecule has 0 spiro atoms. The van der Waals surface area contributed by atoms with Gasteiger partial charge in [0.05, 0.1) is 18.4 Å². The maximum absolute atomic E-state index is 5.64. The summed E-state index contributed by atoms with van der Waals surface area (Å²) >= 11 is 0. The van der Waals surface area contributed by atoms with Crippen molar-refractivity contribution in [3.05, 3.63) is 17.8 Å². The monoisotopic (exact) mass is 175 g/mol. The molecule has 0 unspecified atom stereocenters. The Kier molecular flexibility index (Phi) is 2.76. The number of rotatable bonds is 2. The van der Waals surface area contributed by atoms with Crippen LogP contribution in [-0.4, -0.2) is 18.6 Å². The number of nitrogen functional groups attached to an aromatic ring is 1. The molecule has 0 saturated heterocycles. The van der Waals surface area contributed by atoms with Crippen molar-refractivity contribution in [1.29, 1.82) is 0 Å². The second-order valence-corrected chi connectivity index (χ2v) is 2.96. The summed E-state index contributed by atoms with van der Waals surface area (Å²) in [6.45, 7) is 2.50. The number of terminal acetylenes is 1. The summed E-state index contributed by atoms with van der Waals surface area (Å²) in [6.07, 6.45) is 6.84. The molecule has 0 saturated carbocycles. The zero-order valence-electron chi connectivity index (χ0n) is 7.91. The smallest absolute Gasteiger partial charge is 0.129 e. The van der Waals surface area contributed by atoms with Crippen molar-refractivity contribution in [3.8, 4) is 12.3 Å². The molecule has 0 fully saturated rings. The predicted octanol–water partition coefficient (Wildman–Crippen LogP) is 1.04. The van der Waals surface area contributed by atoms with Gasteiger partial charge >= 0.3 is 0 Å². The molecule has 3 heteroatoms. The van der Waals surface area contributed by atoms with Crippen LogP contribution in [0.15, 0.2) is 12.3 Å². The summed E-state index contributed by atoms with van der Waals surface area (Å²) < 4.78 is 0. The molecule has 1 rings (SSSR count). The molecule has 68 valence electrons. The zero-order chi connectivity index (χ0) is 9.84. The van der Waals surface area contributed by atoms with Crippen LogP contribution >= 0.6 is 0 Å². The summed E-state index contributed by atoms with van der Waals surface area (Å²) in [6, 6.07) is 1.92. The van der Waals surface area contributed by atoms with E-state index in [1.807, 2.05) is 24.9 Å². The highest BCUT2D eigenvalue weighted by molar-refractivity contribution is 5.52. The van der Waals surface area contributed by atoms with Gasteiger partial charge in [0.1, 0.15) is 5.82 Å². The van der Waals surface area contributed by atoms with Crippen molar-refractivity contribution in [2.75, 3.05) is 24.2 Å². The van der Waals surface area contributed by atoms with E-state index < -0.39 is 0 Å². The lowest BCUT2D eigenvalue weighted by molar-refractivity contribution is 1.00. The number of anilines is 2. The standard InChI is InChI=1S/C10H13N3/c1-4-5-13(3)10-6-8(2)9(11)7-12-10/h1,6-7H,5,11H2,2-3H3. The van der Waals surface area contributed by atoms with Gasteiger partial charge in [-0.2, -0.15) is 0 Å². The second kappa shape index (κ2) is 3.81. The Hall–Kier alpha value is -1.69. The highest BCUT2D eigenvalue weighted by atomic mass is 15.2. The molecular weight excluding hydrogens is 162 g/mol. The Labute approximate surface area is 78.6 Å². The number of nitrogens with zero attached hydrogens (tertiary/aromatic N) is 2. The van der Waals surface area contributed by atoms with E-state index in [9.17, 15) is 0 Å². The molecule has 0 aromatic carbocycles. The second-order valence-electron chi connectivity index (χ2n) is 2.96. The van der Waals surface area contributed by atoms with E-state index in [1.165, 1.54) is 0 Å². The average Bonchev–Trinajstić information content (AvgIpc) is 2.10. The molecule has 0 bridgehead atoms. The fourth-order valence-corrected chi connectivity index (χ4v) is 0.978. The van der Waals surface area contributed by atoms with Crippen molar-refractivity contribution in [3.63, 3.8) is 0 Å². The van der Waals surface area contributed by atoms with Gasteiger partial charge in [0.15, 0.2) is 0 Å². The number of hydrogen-bond acceptors (Lipinski definition) is 3. The Morgan fingerprint density at radius 2 is 2.38 bits per heavy atom. The Bertz CT molecular complexity index is 339. The molecule has 3 nitrogen and oxygen atoms in total. The molecule has 0 atom stereocenters. The molecule has 1 aromatic rings. The Morgan fingerprint density at radius 3 is 2.92 bits per heavy atom. The number of aryl methyl sites for hydroxylation is 1. The Morgan fingerprint density at radius 1 is 1.69 bits per heavy atom. The summed E-state index contributed by atoms with van der Waals surface area (Å²) in [4.78, 5) is 6.06. The number of hydrogen-bond donors (Lipinski definition) is 1. The summed E-state index contributed by atoms with van der Waals surface area (Å²) in [5, 5.41) is 0. The van der Waals surface area contributed by atoms with Crippen molar-refractivity contribution >= 4 is 11.5 Å². The van der Waals surface area contributed by atoms with E-state index in [-0.39, 0.29) is 0 Å². The fourth-order valence-electron chi connectivity index (χ4n) is 0.978. The van der Waals surface area contributed by atoms with Gasteiger partial charge in [-0.15, -0.1) is 6.42 Å². The number of nitrogens with two attached hydrogens (primary N) is 1. The fraction of sp³-hybridized carbons (Fsp3) is 0.300. The molecule has 0 aliphatic carbocycles. The minimum Gasteiger partial charge on any atom is -0.397 e. The number of pyridine rings is 1. The first kappa shape index (κ1) is 9.40. The molecule has 0 radical (unpaired) electrons. The quantitative estimate of drug-likeness (QED) is 0.683. The largest absolute Gasteiger partial charge is 0.397 e. The third-order valence-electron chi connectivity index (χ3n) is 1.86. The maximum atomic E-state index is 5.64. The highest BCUT2D eigenvalue weighted by Crippen LogP contribution is 2.15. The summed E-state index contributed by atoms with van der Waals surface area (Å²) in [5.74, 6) is 3.41. The van der Waals surface area contributed by atoms with E-state index in [0.29, 0.717) is 12.2 Å². The molecule has 0 aliphatic heterocycles. The van der Waals surface area contributed by atoms with Crippen LogP contribution in [0.3, 0.4) is 0 Å². The lowest BCUT2D eigenvalue weighted by Gasteiger charge is -2.15. The first-order valence-electron chi connectivity index (χ1n) is 4.02. The van der Waals surface area contributed by atoms with Gasteiger partial charge in [-0.1, -0.05) is 5.92 Å². The van der Waals surface area contributed by atoms with Crippen LogP contribution < -0.4 is 10.6 Å². The molecule has 0 aliphatic rings. The van der Waals surface area contributed by atoms with Gasteiger partial charge in [0.2, 0.25) is 0 Å². The Balaban J connectivity index is 2.91. The van der Waals surface area contributed by atoms with E-state index in [0.717, 1.165) is 11.4 Å². The van der Waals surface area contributed by atoms with Crippen molar-refractivity contribution in [2.24, 2.45) is 0 Å². The normalized spacial score (nSPS) is 9.31. The van der Waals surface area contributed by atoms with Crippen molar-refractivity contribution in [1.82, 2.24) is 4.98 Å². The van der Waals surface area contributed by atoms with Crippen LogP contribution in [0.1, 0.15) is 5.56 Å². The van der Waals surface area contributed by atoms with Crippen LogP contribution in [0.2, 0.25) is 0 Å². The van der Waals surface area contributed by atoms with Gasteiger partial charge < -0.3 is 10.6 Å². The van der Waals surface area contributed by atoms with Crippen LogP contribution in [-0.2, 0) is 0 Å². The van der Waals surface area contributed by atoms with Crippen LogP contribution in [0.25, 0.3) is 0 Å². The minimum atomic E-state index is 0.552. The molecular formula is C10H13N3. The van der Waals surface area contributed by atoms with Gasteiger partial charge in [0.25, 0.3) is 0 Å². The molecule has 0 amide bonds. The zero-order valence-corrected chi connectivity index (χ0v) is 7.91. The van der Waals surface area contributed by atoms with Gasteiger partial charge in [0, 0.05) is 7.05 Å². The topological polar surface area (TPSA) is 42.1 Å². The summed E-state index contributed by atoms with van der Waals surface area (Å²) in [7, 11) is 1.90. The third kappa shape index (κ3) is 2.12. The van der Waals surface area contributed by atoms with Crippen LogP contribution in [0.5, 0.6) is 0 Å². The predicted molar refractivity (Wildman–Crippen MR) is 55.5 cm³/mol. The van der Waals surface area contributed by atoms with E-state index >= 15 is 0 Å². The van der Waals surface area contributed by atoms with E-state index in [2.05, 4.69) is 10.9 Å². The molecule has 1 aromatic heterocycles. The first-order chi connectivity index (χ1) is 6.15. The van der Waals surface area contributed by atoms with Gasteiger partial charge in [-0.05, 0) is 18.6 Å². The summed E-state index contributed by atoms with van der Waals surface area (Å²) in [5.41, 5.74) is 7.37. The SMILES string of the molecule is C#CCN(C)c1cc(C)c(N)cn1. The van der Waals surface area contributed by atoms with Crippen molar-refractivity contribution < 1.29 is 0 Å². The lowest BCUT2D eigenvalue weighted by Crippen LogP contribution is -2.18. The van der Waals surface area contributed by atoms with E-state index in [4.69, 9.17) is 12.2 Å². The third-order valence-corrected chi connectivity index (χ3v) is 1.86.